The van der Waals surface area contributed by atoms with Crippen LogP contribution in [-0.2, 0) is 0 Å². The van der Waals surface area contributed by atoms with Gasteiger partial charge in [0.1, 0.15) is 0 Å². The lowest BCUT2D eigenvalue weighted by Gasteiger charge is -1.94. The zero-order chi connectivity index (χ0) is 9.07. The Hall–Kier alpha value is -0.430. The fourth-order valence-corrected chi connectivity index (χ4v) is 0.940. The van der Waals surface area contributed by atoms with Crippen molar-refractivity contribution in [2.45, 2.75) is 26.2 Å². The lowest BCUT2D eigenvalue weighted by molar-refractivity contribution is 0.776. The van der Waals surface area contributed by atoms with E-state index in [0.29, 0.717) is 0 Å². The Morgan fingerprint density at radius 3 is 2.33 bits per heavy atom. The van der Waals surface area contributed by atoms with Gasteiger partial charge in [0.05, 0.1) is 0 Å². The maximum Gasteiger partial charge on any atom is 0.0328 e. The van der Waals surface area contributed by atoms with E-state index in [4.69, 9.17) is 11.6 Å². The predicted molar refractivity (Wildman–Crippen MR) is 56.5 cm³/mol. The topological polar surface area (TPSA) is 12.0 Å². The summed E-state index contributed by atoms with van der Waals surface area (Å²) in [6.07, 6.45) is 11.7. The molecule has 0 aromatic carbocycles. The van der Waals surface area contributed by atoms with Crippen LogP contribution in [0.3, 0.4) is 0 Å². The van der Waals surface area contributed by atoms with E-state index in [1.54, 1.807) is 0 Å². The van der Waals surface area contributed by atoms with Gasteiger partial charge in [0, 0.05) is 12.4 Å². The molecule has 12 heavy (non-hydrogen) atoms. The Kier molecular flexibility index (Phi) is 10.2. The molecule has 0 saturated carbocycles. The summed E-state index contributed by atoms with van der Waals surface area (Å²) in [5.41, 5.74) is 0. The van der Waals surface area contributed by atoms with Crippen molar-refractivity contribution in [1.29, 1.82) is 0 Å². The van der Waals surface area contributed by atoms with Crippen LogP contribution < -0.4 is 5.32 Å². The lowest BCUT2D eigenvalue weighted by Crippen LogP contribution is -2.05. The molecule has 1 aliphatic heterocycles. The number of unbranched alkanes of at least 4 members (excludes halogenated alkanes) is 2. The number of hydrogen-bond donors (Lipinski definition) is 1. The summed E-state index contributed by atoms with van der Waals surface area (Å²) in [5.74, 6) is 0.827. The Bertz CT molecular complexity index is 114. The minimum atomic E-state index is 0.827. The third-order valence-electron chi connectivity index (χ3n) is 1.43. The third kappa shape index (κ3) is 9.57. The van der Waals surface area contributed by atoms with Crippen molar-refractivity contribution in [2.75, 3.05) is 12.4 Å². The summed E-state index contributed by atoms with van der Waals surface area (Å²) in [6, 6.07) is 0. The van der Waals surface area contributed by atoms with Gasteiger partial charge in [-0.15, -0.1) is 11.6 Å². The summed E-state index contributed by atoms with van der Waals surface area (Å²) in [4.78, 5) is 0. The molecule has 0 aliphatic carbocycles. The van der Waals surface area contributed by atoms with Crippen molar-refractivity contribution in [1.82, 2.24) is 5.32 Å². The molecule has 2 heteroatoms. The smallest absolute Gasteiger partial charge is 0.0328 e. The Balaban J connectivity index is 0.000000202. The molecule has 0 bridgehead atoms. The number of rotatable bonds is 3. The van der Waals surface area contributed by atoms with E-state index in [1.165, 1.54) is 19.3 Å². The number of allylic oxidation sites excluding steroid dienone is 2. The highest BCUT2D eigenvalue weighted by Crippen LogP contribution is 1.93. The highest BCUT2D eigenvalue weighted by atomic mass is 35.5. The van der Waals surface area contributed by atoms with Crippen LogP contribution in [0.4, 0.5) is 0 Å². The summed E-state index contributed by atoms with van der Waals surface area (Å²) >= 11 is 5.38. The minimum Gasteiger partial charge on any atom is -0.387 e. The standard InChI is InChI=1S/C5H11Cl.C5H7N/c1-2-3-4-5-6;1-2-4-6-5-3-1/h2-5H2,1H3;1-4,6H,5H2. The summed E-state index contributed by atoms with van der Waals surface area (Å²) in [5, 5.41) is 3.02. The number of hydrogen-bond acceptors (Lipinski definition) is 1. The van der Waals surface area contributed by atoms with Crippen LogP contribution in [-0.4, -0.2) is 12.4 Å². The van der Waals surface area contributed by atoms with Gasteiger partial charge in [-0.1, -0.05) is 31.9 Å². The molecule has 70 valence electrons. The zero-order valence-corrected chi connectivity index (χ0v) is 8.48. The highest BCUT2D eigenvalue weighted by molar-refractivity contribution is 6.17. The molecular formula is C10H18ClN. The van der Waals surface area contributed by atoms with Crippen LogP contribution in [0.1, 0.15) is 26.2 Å². The molecule has 0 spiro atoms. The van der Waals surface area contributed by atoms with Crippen LogP contribution in [0.2, 0.25) is 0 Å². The second-order valence-corrected chi connectivity index (χ2v) is 2.97. The van der Waals surface area contributed by atoms with Gasteiger partial charge < -0.3 is 5.32 Å². The second-order valence-electron chi connectivity index (χ2n) is 2.59. The Labute approximate surface area is 80.5 Å². The SMILES string of the molecule is C1=CCNC=C1.CCCCCCl. The first kappa shape index (κ1) is 11.6. The molecule has 0 saturated heterocycles. The van der Waals surface area contributed by atoms with Gasteiger partial charge in [0.25, 0.3) is 0 Å². The first-order chi connectivity index (χ1) is 5.91. The average Bonchev–Trinajstić information content (AvgIpc) is 2.18. The second kappa shape index (κ2) is 10.6. The van der Waals surface area contributed by atoms with Gasteiger partial charge in [-0.05, 0) is 18.7 Å². The number of halogens is 1. The Morgan fingerprint density at radius 1 is 1.33 bits per heavy atom. The van der Waals surface area contributed by atoms with Gasteiger partial charge >= 0.3 is 0 Å². The molecule has 1 heterocycles. The fraction of sp³-hybridized carbons (Fsp3) is 0.600. The van der Waals surface area contributed by atoms with Crippen molar-refractivity contribution in [3.8, 4) is 0 Å². The highest BCUT2D eigenvalue weighted by Gasteiger charge is 1.77. The van der Waals surface area contributed by atoms with Crippen molar-refractivity contribution in [2.24, 2.45) is 0 Å². The van der Waals surface area contributed by atoms with Gasteiger partial charge in [-0.25, -0.2) is 0 Å². The van der Waals surface area contributed by atoms with Crippen molar-refractivity contribution in [3.63, 3.8) is 0 Å². The molecular weight excluding hydrogens is 170 g/mol. The number of alkyl halides is 1. The summed E-state index contributed by atoms with van der Waals surface area (Å²) in [6.45, 7) is 3.16. The van der Waals surface area contributed by atoms with Crippen LogP contribution >= 0.6 is 11.6 Å². The maximum absolute atomic E-state index is 5.38. The molecule has 0 atom stereocenters. The van der Waals surface area contributed by atoms with Crippen LogP contribution in [0.5, 0.6) is 0 Å². The summed E-state index contributed by atoms with van der Waals surface area (Å²) < 4.78 is 0. The third-order valence-corrected chi connectivity index (χ3v) is 1.70. The number of dihydropyridines is 1. The maximum atomic E-state index is 5.38. The van der Waals surface area contributed by atoms with E-state index < -0.39 is 0 Å². The van der Waals surface area contributed by atoms with Crippen molar-refractivity contribution in [3.05, 3.63) is 24.4 Å². The predicted octanol–water partition coefficient (Wildman–Crippen LogP) is 3.07. The van der Waals surface area contributed by atoms with Crippen molar-refractivity contribution >= 4 is 11.6 Å². The average molecular weight is 188 g/mol. The quantitative estimate of drug-likeness (QED) is 0.529. The molecule has 1 rings (SSSR count). The van der Waals surface area contributed by atoms with Gasteiger partial charge in [-0.3, -0.25) is 0 Å². The van der Waals surface area contributed by atoms with Gasteiger partial charge in [0.15, 0.2) is 0 Å². The monoisotopic (exact) mass is 187 g/mol. The first-order valence-electron chi connectivity index (χ1n) is 4.52. The summed E-state index contributed by atoms with van der Waals surface area (Å²) in [7, 11) is 0. The van der Waals surface area contributed by atoms with Crippen molar-refractivity contribution < 1.29 is 0 Å². The molecule has 0 aromatic heterocycles. The molecule has 0 unspecified atom stereocenters. The van der Waals surface area contributed by atoms with E-state index >= 15 is 0 Å². The molecule has 0 radical (unpaired) electrons. The van der Waals surface area contributed by atoms with E-state index in [2.05, 4.69) is 18.3 Å². The van der Waals surface area contributed by atoms with Gasteiger partial charge in [0.2, 0.25) is 0 Å². The largest absolute Gasteiger partial charge is 0.387 e. The number of nitrogens with one attached hydrogen (secondary N) is 1. The molecule has 0 amide bonds. The van der Waals surface area contributed by atoms with Gasteiger partial charge in [-0.2, -0.15) is 0 Å². The van der Waals surface area contributed by atoms with E-state index in [1.807, 2.05) is 18.4 Å². The molecule has 1 nitrogen and oxygen atoms in total. The van der Waals surface area contributed by atoms with Crippen LogP contribution in [0.15, 0.2) is 24.4 Å². The molecule has 0 fully saturated rings. The van der Waals surface area contributed by atoms with E-state index in [9.17, 15) is 0 Å². The van der Waals surface area contributed by atoms with E-state index in [-0.39, 0.29) is 0 Å². The normalized spacial score (nSPS) is 13.2. The molecule has 1 N–H and O–H groups in total. The Morgan fingerprint density at radius 2 is 2.17 bits per heavy atom. The zero-order valence-electron chi connectivity index (χ0n) is 7.72. The minimum absolute atomic E-state index is 0.827. The molecule has 1 aliphatic rings. The lowest BCUT2D eigenvalue weighted by atomic mass is 10.3. The van der Waals surface area contributed by atoms with Crippen LogP contribution in [0.25, 0.3) is 0 Å². The first-order valence-corrected chi connectivity index (χ1v) is 5.06. The van der Waals surface area contributed by atoms with E-state index in [0.717, 1.165) is 12.4 Å². The fourth-order valence-electron chi connectivity index (χ4n) is 0.751. The molecule has 0 aromatic rings. The van der Waals surface area contributed by atoms with Crippen LogP contribution in [0, 0.1) is 0 Å².